The van der Waals surface area contributed by atoms with Crippen molar-refractivity contribution in [2.45, 2.75) is 38.2 Å². The molecule has 1 aliphatic carbocycles. The Morgan fingerprint density at radius 2 is 1.80 bits per heavy atom. The molecule has 0 spiro atoms. The molecule has 7 heteroatoms. The highest BCUT2D eigenvalue weighted by molar-refractivity contribution is 7.18. The summed E-state index contributed by atoms with van der Waals surface area (Å²) in [5.41, 5.74) is 1.35. The third-order valence-electron chi connectivity index (χ3n) is 5.71. The third-order valence-corrected chi connectivity index (χ3v) is 6.88. The Labute approximate surface area is 177 Å². The van der Waals surface area contributed by atoms with Crippen molar-refractivity contribution in [2.24, 2.45) is 5.92 Å². The molecule has 0 saturated heterocycles. The molecule has 0 unspecified atom stereocenters. The predicted molar refractivity (Wildman–Crippen MR) is 116 cm³/mol. The minimum absolute atomic E-state index is 0.0397. The van der Waals surface area contributed by atoms with E-state index in [0.29, 0.717) is 16.7 Å². The Morgan fingerprint density at radius 3 is 2.67 bits per heavy atom. The number of nitrogens with one attached hydrogen (secondary N) is 1. The Hall–Kier alpha value is -3.06. The highest BCUT2D eigenvalue weighted by atomic mass is 32.1. The van der Waals surface area contributed by atoms with E-state index in [4.69, 9.17) is 9.72 Å². The minimum atomic E-state index is -0.241. The predicted octanol–water partition coefficient (Wildman–Crippen LogP) is 4.55. The van der Waals surface area contributed by atoms with Gasteiger partial charge in [-0.15, -0.1) is 11.3 Å². The van der Waals surface area contributed by atoms with Crippen LogP contribution in [0, 0.1) is 5.92 Å². The van der Waals surface area contributed by atoms with Crippen LogP contribution in [0.3, 0.4) is 0 Å². The second-order valence-electron chi connectivity index (χ2n) is 7.65. The van der Waals surface area contributed by atoms with Crippen LogP contribution < -0.4 is 5.56 Å². The number of hydrogen-bond donors (Lipinski definition) is 1. The second-order valence-corrected chi connectivity index (χ2v) is 8.72. The number of hydrogen-bond acceptors (Lipinski definition) is 6. The van der Waals surface area contributed by atoms with E-state index >= 15 is 0 Å². The Kier molecular flexibility index (Phi) is 5.04. The van der Waals surface area contributed by atoms with Crippen LogP contribution >= 0.6 is 11.3 Å². The molecular weight excluding hydrogens is 398 g/mol. The molecule has 6 nitrogen and oxygen atoms in total. The van der Waals surface area contributed by atoms with Gasteiger partial charge in [0.15, 0.2) is 0 Å². The Balaban J connectivity index is 1.34. The maximum absolute atomic E-state index is 13.0. The van der Waals surface area contributed by atoms with Crippen LogP contribution in [0.5, 0.6) is 0 Å². The van der Waals surface area contributed by atoms with Gasteiger partial charge in [0.25, 0.3) is 5.56 Å². The Bertz CT molecular complexity index is 1250. The topological polar surface area (TPSA) is 84.9 Å². The molecule has 30 heavy (non-hydrogen) atoms. The second kappa shape index (κ2) is 7.99. The molecule has 2 aromatic heterocycles. The van der Waals surface area contributed by atoms with Crippen molar-refractivity contribution in [3.8, 4) is 0 Å². The van der Waals surface area contributed by atoms with E-state index in [9.17, 15) is 9.59 Å². The van der Waals surface area contributed by atoms with Crippen molar-refractivity contribution >= 4 is 38.4 Å². The number of nitrogens with zero attached hydrogens (tertiary/aromatic N) is 2. The van der Waals surface area contributed by atoms with Crippen LogP contribution in [-0.2, 0) is 16.1 Å². The number of benzene rings is 2. The fourth-order valence-corrected chi connectivity index (χ4v) is 5.37. The number of H-pyrrole nitrogens is 1. The average Bonchev–Trinajstić information content (AvgIpc) is 3.22. The zero-order valence-electron chi connectivity index (χ0n) is 16.3. The van der Waals surface area contributed by atoms with E-state index in [0.717, 1.165) is 40.9 Å². The standard InChI is InChI=1S/C23H21N3O3S/c27-21-16-9-3-4-10-17(16)24-20(26-21)13-29-23(28)15-8-2-1-7-14(15)22-25-18-11-5-6-12-19(18)30-22/h3-6,9-12,14-15H,1-2,7-8,13H2,(H,24,26,27)/t14-,15-/m0/s1. The molecule has 2 atom stereocenters. The number of esters is 1. The molecule has 1 aliphatic rings. The van der Waals surface area contributed by atoms with Gasteiger partial charge in [-0.05, 0) is 37.1 Å². The first-order valence-electron chi connectivity index (χ1n) is 10.2. The van der Waals surface area contributed by atoms with Gasteiger partial charge in [0.1, 0.15) is 12.4 Å². The normalized spacial score (nSPS) is 19.2. The maximum atomic E-state index is 13.0. The van der Waals surface area contributed by atoms with Crippen LogP contribution in [0.1, 0.15) is 42.4 Å². The summed E-state index contributed by atoms with van der Waals surface area (Å²) in [5, 5.41) is 1.53. The smallest absolute Gasteiger partial charge is 0.310 e. The van der Waals surface area contributed by atoms with Gasteiger partial charge in [-0.2, -0.15) is 0 Å². The van der Waals surface area contributed by atoms with Crippen molar-refractivity contribution in [1.82, 2.24) is 15.0 Å². The van der Waals surface area contributed by atoms with Gasteiger partial charge in [0.05, 0.1) is 32.0 Å². The van der Waals surface area contributed by atoms with E-state index in [1.807, 2.05) is 24.3 Å². The lowest BCUT2D eigenvalue weighted by Crippen LogP contribution is -2.28. The van der Waals surface area contributed by atoms with Gasteiger partial charge in [-0.25, -0.2) is 9.97 Å². The number of rotatable bonds is 4. The summed E-state index contributed by atoms with van der Waals surface area (Å²) in [5.74, 6) is -0.0205. The van der Waals surface area contributed by atoms with Gasteiger partial charge >= 0.3 is 5.97 Å². The summed E-state index contributed by atoms with van der Waals surface area (Å²) in [7, 11) is 0. The zero-order valence-corrected chi connectivity index (χ0v) is 17.2. The number of carbonyl (C=O) groups is 1. The average molecular weight is 420 g/mol. The van der Waals surface area contributed by atoms with E-state index in [2.05, 4.69) is 16.0 Å². The maximum Gasteiger partial charge on any atom is 0.310 e. The number of thiazole rings is 1. The van der Waals surface area contributed by atoms with Crippen molar-refractivity contribution in [2.75, 3.05) is 0 Å². The van der Waals surface area contributed by atoms with Gasteiger partial charge in [-0.3, -0.25) is 9.59 Å². The lowest BCUT2D eigenvalue weighted by molar-refractivity contribution is -0.152. The van der Waals surface area contributed by atoms with Crippen molar-refractivity contribution in [3.05, 3.63) is 69.7 Å². The third kappa shape index (κ3) is 3.61. The lowest BCUT2D eigenvalue weighted by Gasteiger charge is -2.28. The van der Waals surface area contributed by atoms with Gasteiger partial charge in [0.2, 0.25) is 0 Å². The number of aromatic amines is 1. The molecule has 152 valence electrons. The molecule has 0 amide bonds. The molecule has 2 aromatic carbocycles. The molecule has 1 saturated carbocycles. The lowest BCUT2D eigenvalue weighted by atomic mass is 9.79. The molecule has 1 fully saturated rings. The summed E-state index contributed by atoms with van der Waals surface area (Å²) in [6.07, 6.45) is 3.82. The van der Waals surface area contributed by atoms with Crippen LogP contribution in [-0.4, -0.2) is 20.9 Å². The van der Waals surface area contributed by atoms with Crippen LogP contribution in [0.2, 0.25) is 0 Å². The quantitative estimate of drug-likeness (QED) is 0.491. The zero-order chi connectivity index (χ0) is 20.5. The van der Waals surface area contributed by atoms with Crippen LogP contribution in [0.15, 0.2) is 53.3 Å². The van der Waals surface area contributed by atoms with E-state index in [-0.39, 0.29) is 30.0 Å². The molecule has 2 heterocycles. The molecule has 0 aliphatic heterocycles. The summed E-state index contributed by atoms with van der Waals surface area (Å²) >= 11 is 1.66. The number of fused-ring (bicyclic) bond motifs is 2. The first kappa shape index (κ1) is 18.9. The number of ether oxygens (including phenoxy) is 1. The van der Waals surface area contributed by atoms with Crippen molar-refractivity contribution in [1.29, 1.82) is 0 Å². The van der Waals surface area contributed by atoms with Crippen LogP contribution in [0.4, 0.5) is 0 Å². The summed E-state index contributed by atoms with van der Waals surface area (Å²) in [6, 6.07) is 15.2. The minimum Gasteiger partial charge on any atom is -0.457 e. The molecular formula is C23H21N3O3S. The number of para-hydroxylation sites is 2. The highest BCUT2D eigenvalue weighted by Gasteiger charge is 2.35. The molecule has 0 bridgehead atoms. The van der Waals surface area contributed by atoms with E-state index in [1.54, 1.807) is 29.5 Å². The molecule has 5 rings (SSSR count). The SMILES string of the molecule is O=C(OCc1nc2ccccc2c(=O)[nH]1)[C@H]1CCCC[C@@H]1c1nc2ccccc2s1. The highest BCUT2D eigenvalue weighted by Crippen LogP contribution is 2.41. The summed E-state index contributed by atoms with van der Waals surface area (Å²) < 4.78 is 6.74. The number of carbonyl (C=O) groups excluding carboxylic acids is 1. The van der Waals surface area contributed by atoms with Crippen molar-refractivity contribution in [3.63, 3.8) is 0 Å². The molecule has 0 radical (unpaired) electrons. The first-order chi connectivity index (χ1) is 14.7. The van der Waals surface area contributed by atoms with Gasteiger partial charge < -0.3 is 9.72 Å². The van der Waals surface area contributed by atoms with Crippen molar-refractivity contribution < 1.29 is 9.53 Å². The van der Waals surface area contributed by atoms with Gasteiger partial charge in [0, 0.05) is 5.92 Å². The molecule has 1 N–H and O–H groups in total. The summed E-state index contributed by atoms with van der Waals surface area (Å²) in [4.78, 5) is 37.1. The monoisotopic (exact) mass is 419 g/mol. The van der Waals surface area contributed by atoms with Crippen LogP contribution in [0.25, 0.3) is 21.1 Å². The fraction of sp³-hybridized carbons (Fsp3) is 0.304. The fourth-order valence-electron chi connectivity index (χ4n) is 4.21. The van der Waals surface area contributed by atoms with E-state index < -0.39 is 0 Å². The Morgan fingerprint density at radius 1 is 1.03 bits per heavy atom. The summed E-state index contributed by atoms with van der Waals surface area (Å²) in [6.45, 7) is -0.0397. The number of aromatic nitrogens is 3. The molecule has 4 aromatic rings. The van der Waals surface area contributed by atoms with E-state index in [1.165, 1.54) is 0 Å². The first-order valence-corrected chi connectivity index (χ1v) is 11.0. The van der Waals surface area contributed by atoms with Gasteiger partial charge in [-0.1, -0.05) is 37.1 Å². The largest absolute Gasteiger partial charge is 0.457 e.